The average Bonchev–Trinajstić information content (AvgIpc) is 3.58. The lowest BCUT2D eigenvalue weighted by Gasteiger charge is -2.31. The number of allylic oxidation sites excluding steroid dienone is 8. The molecular formula is C63H59N. The fourth-order valence-electron chi connectivity index (χ4n) is 11.8. The standard InChI is InChI=1S/C63H59N/c1-5-42-40-60(44-22-10-7-11-23-44)64-59(43-20-8-6-9-21-43)32-16-19-41(2)61(42)48-25-17-24-47(37-48)49-29-18-30-53-50-26-12-13-27-51(50)55-38-45(33-35-54(55)62(49)53)46-34-36-58-56(39-46)52-28-14-15-31-57(52)63(58,3)4/h6,8,10,12-15,17-18,20,22-39,41,60,64H,5,7,9,11,16,19,21,40H2,1-4H3/b59-32+,61-42+/t41-,60?/m1/s1. The molecule has 0 aromatic heterocycles. The summed E-state index contributed by atoms with van der Waals surface area (Å²) < 4.78 is 0. The number of nitrogens with one attached hydrogen (secondary N) is 1. The molecule has 0 saturated carbocycles. The Morgan fingerprint density at radius 2 is 1.33 bits per heavy atom. The van der Waals surface area contributed by atoms with Crippen LogP contribution in [-0.4, -0.2) is 6.04 Å². The molecule has 0 bridgehead atoms. The third-order valence-corrected chi connectivity index (χ3v) is 15.1. The number of fused-ring (bicyclic) bond motifs is 9. The minimum Gasteiger partial charge on any atom is -0.378 e. The van der Waals surface area contributed by atoms with Crippen molar-refractivity contribution >= 4 is 37.9 Å². The van der Waals surface area contributed by atoms with Gasteiger partial charge in [-0.25, -0.2) is 0 Å². The second-order valence-electron chi connectivity index (χ2n) is 19.3. The van der Waals surface area contributed by atoms with E-state index in [2.05, 4.69) is 203 Å². The molecule has 2 atom stereocenters. The summed E-state index contributed by atoms with van der Waals surface area (Å²) in [5, 5.41) is 12.0. The lowest BCUT2D eigenvalue weighted by molar-refractivity contribution is 0.598. The fourth-order valence-corrected chi connectivity index (χ4v) is 11.8. The van der Waals surface area contributed by atoms with E-state index >= 15 is 0 Å². The van der Waals surface area contributed by atoms with E-state index < -0.39 is 0 Å². The Balaban J connectivity index is 1.03. The Kier molecular flexibility index (Phi) is 10.5. The van der Waals surface area contributed by atoms with Crippen molar-refractivity contribution in [2.24, 2.45) is 5.92 Å². The molecule has 1 aliphatic heterocycles. The Labute approximate surface area is 380 Å². The molecule has 4 aliphatic rings. The Bertz CT molecular complexity index is 3190. The first-order valence-electron chi connectivity index (χ1n) is 24.0. The van der Waals surface area contributed by atoms with E-state index in [0.29, 0.717) is 5.92 Å². The van der Waals surface area contributed by atoms with Gasteiger partial charge in [-0.3, -0.25) is 0 Å². The van der Waals surface area contributed by atoms with Gasteiger partial charge in [0.25, 0.3) is 0 Å². The summed E-state index contributed by atoms with van der Waals surface area (Å²) in [6.07, 6.45) is 25.3. The zero-order chi connectivity index (χ0) is 43.4. The minimum absolute atomic E-state index is 0.00651. The van der Waals surface area contributed by atoms with Gasteiger partial charge in [0.15, 0.2) is 0 Å². The third kappa shape index (κ3) is 7.01. The first kappa shape index (κ1) is 40.3. The topological polar surface area (TPSA) is 12.0 Å². The van der Waals surface area contributed by atoms with Crippen LogP contribution in [0.4, 0.5) is 0 Å². The molecule has 1 nitrogen and oxygen atoms in total. The van der Waals surface area contributed by atoms with Crippen LogP contribution in [0.25, 0.3) is 71.3 Å². The molecule has 1 heterocycles. The van der Waals surface area contributed by atoms with E-state index in [4.69, 9.17) is 0 Å². The maximum Gasteiger partial charge on any atom is 0.0547 e. The van der Waals surface area contributed by atoms with Gasteiger partial charge in [0.2, 0.25) is 0 Å². The second kappa shape index (κ2) is 16.6. The summed E-state index contributed by atoms with van der Waals surface area (Å²) in [4.78, 5) is 0. The van der Waals surface area contributed by atoms with Gasteiger partial charge in [-0.2, -0.15) is 0 Å². The van der Waals surface area contributed by atoms with Crippen LogP contribution in [0, 0.1) is 5.92 Å². The summed E-state index contributed by atoms with van der Waals surface area (Å²) in [5.74, 6) is 0.423. The summed E-state index contributed by atoms with van der Waals surface area (Å²) in [5.41, 5.74) is 19.3. The predicted molar refractivity (Wildman–Crippen MR) is 276 cm³/mol. The van der Waals surface area contributed by atoms with Gasteiger partial charge in [0.1, 0.15) is 0 Å². The van der Waals surface area contributed by atoms with Crippen molar-refractivity contribution in [2.45, 2.75) is 90.5 Å². The van der Waals surface area contributed by atoms with Gasteiger partial charge in [0, 0.05) is 11.1 Å². The van der Waals surface area contributed by atoms with Crippen LogP contribution < -0.4 is 5.32 Å². The SMILES string of the molecule is CC/C1=C(\c2cccc(-c3cccc4c5ccccc5c5cc(-c6ccc7c(c6)-c6ccccc6C7(C)C)ccc5c34)c2)[C@H](C)CC/C=C(\C2=CC=CCC2)NC(C2=CCCC=C2)C1. The van der Waals surface area contributed by atoms with Crippen molar-refractivity contribution in [2.75, 3.05) is 0 Å². The van der Waals surface area contributed by atoms with Crippen molar-refractivity contribution in [3.63, 3.8) is 0 Å². The van der Waals surface area contributed by atoms with Crippen LogP contribution in [-0.2, 0) is 5.41 Å². The number of hydrogen-bond donors (Lipinski definition) is 1. The number of benzene rings is 7. The molecule has 64 heavy (non-hydrogen) atoms. The predicted octanol–water partition coefficient (Wildman–Crippen LogP) is 17.2. The van der Waals surface area contributed by atoms with E-state index in [-0.39, 0.29) is 11.5 Å². The third-order valence-electron chi connectivity index (χ3n) is 15.1. The van der Waals surface area contributed by atoms with Crippen LogP contribution >= 0.6 is 0 Å². The van der Waals surface area contributed by atoms with Crippen LogP contribution in [0.5, 0.6) is 0 Å². The lowest BCUT2D eigenvalue weighted by Crippen LogP contribution is -2.32. The van der Waals surface area contributed by atoms with Crippen LogP contribution in [0.15, 0.2) is 192 Å². The number of hydrogen-bond acceptors (Lipinski definition) is 1. The van der Waals surface area contributed by atoms with Crippen molar-refractivity contribution < 1.29 is 0 Å². The summed E-state index contributed by atoms with van der Waals surface area (Å²) >= 11 is 0. The molecule has 1 heteroatoms. The van der Waals surface area contributed by atoms with Crippen LogP contribution in [0.2, 0.25) is 0 Å². The van der Waals surface area contributed by atoms with Gasteiger partial charge in [-0.1, -0.05) is 185 Å². The largest absolute Gasteiger partial charge is 0.378 e. The van der Waals surface area contributed by atoms with Crippen LogP contribution in [0.1, 0.15) is 95.8 Å². The molecule has 7 aromatic carbocycles. The first-order valence-corrected chi connectivity index (χ1v) is 24.0. The quantitative estimate of drug-likeness (QED) is 0.165. The fraction of sp³-hybridized carbons (Fsp3) is 0.238. The summed E-state index contributed by atoms with van der Waals surface area (Å²) in [6, 6.07) is 49.1. The first-order chi connectivity index (χ1) is 31.4. The van der Waals surface area contributed by atoms with Crippen molar-refractivity contribution in [3.05, 3.63) is 209 Å². The van der Waals surface area contributed by atoms with E-state index in [0.717, 1.165) is 51.4 Å². The maximum atomic E-state index is 4.14. The zero-order valence-electron chi connectivity index (χ0n) is 38.0. The molecule has 0 spiro atoms. The summed E-state index contributed by atoms with van der Waals surface area (Å²) in [7, 11) is 0. The monoisotopic (exact) mass is 829 g/mol. The van der Waals surface area contributed by atoms with E-state index in [1.165, 1.54) is 105 Å². The lowest BCUT2D eigenvalue weighted by atomic mass is 9.80. The molecular weight excluding hydrogens is 771 g/mol. The van der Waals surface area contributed by atoms with Gasteiger partial charge in [0.05, 0.1) is 6.04 Å². The smallest absolute Gasteiger partial charge is 0.0547 e. The molecule has 1 N–H and O–H groups in total. The van der Waals surface area contributed by atoms with Crippen molar-refractivity contribution in [1.29, 1.82) is 0 Å². The molecule has 3 aliphatic carbocycles. The Morgan fingerprint density at radius 3 is 2.16 bits per heavy atom. The normalized spacial score (nSPS) is 21.5. The van der Waals surface area contributed by atoms with Crippen LogP contribution in [0.3, 0.4) is 0 Å². The highest BCUT2D eigenvalue weighted by atomic mass is 14.9. The van der Waals surface area contributed by atoms with Crippen molar-refractivity contribution in [3.8, 4) is 33.4 Å². The highest BCUT2D eigenvalue weighted by molar-refractivity contribution is 6.28. The number of rotatable bonds is 6. The highest BCUT2D eigenvalue weighted by Gasteiger charge is 2.35. The Hall–Kier alpha value is -6.44. The molecule has 0 radical (unpaired) electrons. The zero-order valence-corrected chi connectivity index (χ0v) is 38.0. The van der Waals surface area contributed by atoms with Gasteiger partial charge in [-0.15, -0.1) is 0 Å². The maximum absolute atomic E-state index is 4.14. The highest BCUT2D eigenvalue weighted by Crippen LogP contribution is 2.50. The Morgan fingerprint density at radius 1 is 0.594 bits per heavy atom. The van der Waals surface area contributed by atoms with Gasteiger partial charge < -0.3 is 5.32 Å². The van der Waals surface area contributed by atoms with Gasteiger partial charge >= 0.3 is 0 Å². The molecule has 0 amide bonds. The van der Waals surface area contributed by atoms with E-state index in [9.17, 15) is 0 Å². The molecule has 0 fully saturated rings. The van der Waals surface area contributed by atoms with Crippen molar-refractivity contribution in [1.82, 2.24) is 5.32 Å². The van der Waals surface area contributed by atoms with E-state index in [1.807, 2.05) is 0 Å². The molecule has 1 unspecified atom stereocenters. The molecule has 0 saturated heterocycles. The minimum atomic E-state index is -0.00651. The molecule has 316 valence electrons. The molecule has 11 rings (SSSR count). The van der Waals surface area contributed by atoms with E-state index in [1.54, 1.807) is 5.57 Å². The molecule has 7 aromatic rings. The van der Waals surface area contributed by atoms with Gasteiger partial charge in [-0.05, 0) is 175 Å². The average molecular weight is 830 g/mol. The second-order valence-corrected chi connectivity index (χ2v) is 19.3. The summed E-state index contributed by atoms with van der Waals surface area (Å²) in [6.45, 7) is 9.58.